The number of hydrogen-bond acceptors (Lipinski definition) is 4. The molecule has 5 N–H and O–H groups in total. The zero-order valence-electron chi connectivity index (χ0n) is 10.3. The van der Waals surface area contributed by atoms with Crippen molar-refractivity contribution < 1.29 is 15.0 Å². The van der Waals surface area contributed by atoms with Crippen LogP contribution in [0.4, 0.5) is 0 Å². The average Bonchev–Trinajstić information content (AvgIpc) is 2.38. The van der Waals surface area contributed by atoms with Crippen LogP contribution in [0.1, 0.15) is 38.5 Å². The predicted octanol–water partition coefficient (Wildman–Crippen LogP) is -0.245. The SMILES string of the molecule is NCCCC(=O)NC1CCC(CO)(CO)CC1. The van der Waals surface area contributed by atoms with Gasteiger partial charge in [-0.3, -0.25) is 4.79 Å². The van der Waals surface area contributed by atoms with Crippen LogP contribution in [0.25, 0.3) is 0 Å². The molecule has 0 bridgehead atoms. The highest BCUT2D eigenvalue weighted by Gasteiger charge is 2.34. The van der Waals surface area contributed by atoms with Crippen molar-refractivity contribution in [2.45, 2.75) is 44.6 Å². The number of carbonyl (C=O) groups is 1. The van der Waals surface area contributed by atoms with Crippen LogP contribution in [0.3, 0.4) is 0 Å². The number of aliphatic hydroxyl groups is 2. The van der Waals surface area contributed by atoms with Gasteiger partial charge in [-0.15, -0.1) is 0 Å². The first-order valence-electron chi connectivity index (χ1n) is 6.37. The van der Waals surface area contributed by atoms with E-state index in [1.54, 1.807) is 0 Å². The fraction of sp³-hybridized carbons (Fsp3) is 0.917. The van der Waals surface area contributed by atoms with Crippen LogP contribution in [0, 0.1) is 5.41 Å². The van der Waals surface area contributed by atoms with E-state index in [0.717, 1.165) is 32.1 Å². The summed E-state index contributed by atoms with van der Waals surface area (Å²) < 4.78 is 0. The first kappa shape index (κ1) is 14.4. The molecule has 5 nitrogen and oxygen atoms in total. The monoisotopic (exact) mass is 244 g/mol. The summed E-state index contributed by atoms with van der Waals surface area (Å²) in [6.45, 7) is 0.588. The maximum absolute atomic E-state index is 11.5. The Balaban J connectivity index is 2.29. The van der Waals surface area contributed by atoms with Crippen LogP contribution in [0.5, 0.6) is 0 Å². The zero-order chi connectivity index (χ0) is 12.7. The second-order valence-corrected chi connectivity index (χ2v) is 5.05. The smallest absolute Gasteiger partial charge is 0.220 e. The van der Waals surface area contributed by atoms with Crippen LogP contribution in [0.2, 0.25) is 0 Å². The first-order chi connectivity index (χ1) is 8.15. The summed E-state index contributed by atoms with van der Waals surface area (Å²) in [6.07, 6.45) is 4.39. The Bertz CT molecular complexity index is 232. The van der Waals surface area contributed by atoms with Crippen molar-refractivity contribution in [1.29, 1.82) is 0 Å². The Morgan fingerprint density at radius 2 is 1.88 bits per heavy atom. The standard InChI is InChI=1S/C12H24N2O3/c13-7-1-2-11(17)14-10-3-5-12(8-15,9-16)6-4-10/h10,15-16H,1-9,13H2,(H,14,17). The van der Waals surface area contributed by atoms with Gasteiger partial charge in [-0.1, -0.05) is 0 Å². The normalized spacial score (nSPS) is 20.2. The lowest BCUT2D eigenvalue weighted by atomic mass is 9.73. The van der Waals surface area contributed by atoms with E-state index < -0.39 is 0 Å². The molecule has 0 aromatic heterocycles. The number of carbonyl (C=O) groups excluding carboxylic acids is 1. The Hall–Kier alpha value is -0.650. The van der Waals surface area contributed by atoms with Crippen molar-refractivity contribution in [3.05, 3.63) is 0 Å². The minimum absolute atomic E-state index is 0.0251. The van der Waals surface area contributed by atoms with Gasteiger partial charge in [-0.05, 0) is 38.6 Å². The van der Waals surface area contributed by atoms with Crippen molar-refractivity contribution >= 4 is 5.91 Å². The van der Waals surface area contributed by atoms with Crippen molar-refractivity contribution in [2.24, 2.45) is 11.1 Å². The molecule has 100 valence electrons. The number of amides is 1. The molecule has 0 heterocycles. The number of nitrogens with one attached hydrogen (secondary N) is 1. The lowest BCUT2D eigenvalue weighted by Crippen LogP contribution is -2.43. The number of nitrogens with two attached hydrogens (primary N) is 1. The second-order valence-electron chi connectivity index (χ2n) is 5.05. The highest BCUT2D eigenvalue weighted by atomic mass is 16.3. The van der Waals surface area contributed by atoms with Crippen LogP contribution < -0.4 is 11.1 Å². The molecule has 0 saturated heterocycles. The summed E-state index contributed by atoms with van der Waals surface area (Å²) in [5.74, 6) is 0.0564. The summed E-state index contributed by atoms with van der Waals surface area (Å²) in [7, 11) is 0. The minimum atomic E-state index is -0.335. The first-order valence-corrected chi connectivity index (χ1v) is 6.37. The van der Waals surface area contributed by atoms with Gasteiger partial charge in [0.05, 0.1) is 13.2 Å². The summed E-state index contributed by atoms with van der Waals surface area (Å²) in [5, 5.41) is 21.5. The van der Waals surface area contributed by atoms with E-state index in [9.17, 15) is 15.0 Å². The predicted molar refractivity (Wildman–Crippen MR) is 65.3 cm³/mol. The fourth-order valence-corrected chi connectivity index (χ4v) is 2.30. The van der Waals surface area contributed by atoms with Gasteiger partial charge >= 0.3 is 0 Å². The van der Waals surface area contributed by atoms with Gasteiger partial charge in [0.25, 0.3) is 0 Å². The average molecular weight is 244 g/mol. The number of rotatable bonds is 6. The molecule has 0 atom stereocenters. The van der Waals surface area contributed by atoms with Gasteiger partial charge in [0.1, 0.15) is 0 Å². The molecule has 17 heavy (non-hydrogen) atoms. The van der Waals surface area contributed by atoms with Crippen molar-refractivity contribution in [3.63, 3.8) is 0 Å². The van der Waals surface area contributed by atoms with E-state index >= 15 is 0 Å². The molecule has 0 aromatic rings. The largest absolute Gasteiger partial charge is 0.396 e. The van der Waals surface area contributed by atoms with Gasteiger partial charge in [-0.2, -0.15) is 0 Å². The van der Waals surface area contributed by atoms with Gasteiger partial charge in [0, 0.05) is 17.9 Å². The van der Waals surface area contributed by atoms with Crippen LogP contribution in [0.15, 0.2) is 0 Å². The van der Waals surface area contributed by atoms with E-state index in [0.29, 0.717) is 13.0 Å². The number of hydrogen-bond donors (Lipinski definition) is 4. The van der Waals surface area contributed by atoms with Gasteiger partial charge in [-0.25, -0.2) is 0 Å². The molecule has 0 unspecified atom stereocenters. The van der Waals surface area contributed by atoms with E-state index in [1.165, 1.54) is 0 Å². The van der Waals surface area contributed by atoms with Gasteiger partial charge in [0.15, 0.2) is 0 Å². The molecule has 1 aliphatic carbocycles. The van der Waals surface area contributed by atoms with E-state index in [4.69, 9.17) is 5.73 Å². The Labute approximate surface area is 102 Å². The highest BCUT2D eigenvalue weighted by molar-refractivity contribution is 5.76. The van der Waals surface area contributed by atoms with Crippen LogP contribution in [-0.2, 0) is 4.79 Å². The molecule has 0 radical (unpaired) electrons. The molecular weight excluding hydrogens is 220 g/mol. The summed E-state index contributed by atoms with van der Waals surface area (Å²) in [5.41, 5.74) is 5.01. The van der Waals surface area contributed by atoms with Crippen LogP contribution >= 0.6 is 0 Å². The lowest BCUT2D eigenvalue weighted by Gasteiger charge is -2.37. The summed E-state index contributed by atoms with van der Waals surface area (Å²) in [6, 6.07) is 0.187. The van der Waals surface area contributed by atoms with Crippen LogP contribution in [-0.4, -0.2) is 41.9 Å². The molecule has 0 aliphatic heterocycles. The van der Waals surface area contributed by atoms with Crippen molar-refractivity contribution in [2.75, 3.05) is 19.8 Å². The Morgan fingerprint density at radius 3 is 2.35 bits per heavy atom. The molecule has 1 saturated carbocycles. The maximum Gasteiger partial charge on any atom is 0.220 e. The molecular formula is C12H24N2O3. The maximum atomic E-state index is 11.5. The summed E-state index contributed by atoms with van der Waals surface area (Å²) >= 11 is 0. The number of aliphatic hydroxyl groups excluding tert-OH is 2. The lowest BCUT2D eigenvalue weighted by molar-refractivity contribution is -0.122. The molecule has 1 amide bonds. The Kier molecular flexibility index (Phi) is 5.88. The highest BCUT2D eigenvalue weighted by Crippen LogP contribution is 2.35. The minimum Gasteiger partial charge on any atom is -0.396 e. The molecule has 1 aliphatic rings. The quantitative estimate of drug-likeness (QED) is 0.518. The third-order valence-electron chi connectivity index (χ3n) is 3.69. The molecule has 1 rings (SSSR count). The van der Waals surface area contributed by atoms with E-state index in [2.05, 4.69) is 5.32 Å². The van der Waals surface area contributed by atoms with E-state index in [-0.39, 0.29) is 30.6 Å². The third kappa shape index (κ3) is 4.26. The molecule has 0 spiro atoms. The topological polar surface area (TPSA) is 95.6 Å². The van der Waals surface area contributed by atoms with Crippen molar-refractivity contribution in [1.82, 2.24) is 5.32 Å². The summed E-state index contributed by atoms with van der Waals surface area (Å²) in [4.78, 5) is 11.5. The molecule has 1 fully saturated rings. The molecule has 0 aromatic carbocycles. The fourth-order valence-electron chi connectivity index (χ4n) is 2.30. The second kappa shape index (κ2) is 6.93. The van der Waals surface area contributed by atoms with Crippen molar-refractivity contribution in [3.8, 4) is 0 Å². The third-order valence-corrected chi connectivity index (χ3v) is 3.69. The molecule has 5 heteroatoms. The zero-order valence-corrected chi connectivity index (χ0v) is 10.3. The van der Waals surface area contributed by atoms with E-state index in [1.807, 2.05) is 0 Å². The van der Waals surface area contributed by atoms with Gasteiger partial charge < -0.3 is 21.3 Å². The Morgan fingerprint density at radius 1 is 1.29 bits per heavy atom. The van der Waals surface area contributed by atoms with Gasteiger partial charge in [0.2, 0.25) is 5.91 Å².